The molecule has 0 unspecified atom stereocenters. The first-order chi connectivity index (χ1) is 8.60. The van der Waals surface area contributed by atoms with Crippen LogP contribution in [0.4, 0.5) is 11.8 Å². The highest BCUT2D eigenvalue weighted by molar-refractivity contribution is 6.29. The summed E-state index contributed by atoms with van der Waals surface area (Å²) in [6.45, 7) is 1.54. The minimum atomic E-state index is 0.0842. The smallest absolute Gasteiger partial charge is 0.223 e. The van der Waals surface area contributed by atoms with Crippen LogP contribution in [-0.2, 0) is 4.79 Å². The summed E-state index contributed by atoms with van der Waals surface area (Å²) in [4.78, 5) is 21.6. The Labute approximate surface area is 111 Å². The Morgan fingerprint density at radius 2 is 2.17 bits per heavy atom. The van der Waals surface area contributed by atoms with E-state index in [9.17, 15) is 4.79 Å². The lowest BCUT2D eigenvalue weighted by Crippen LogP contribution is -2.40. The summed E-state index contributed by atoms with van der Waals surface area (Å²) in [6.07, 6.45) is 1.61. The number of nitrogens with one attached hydrogen (secondary N) is 1. The number of hydrogen-bond donors (Lipinski definition) is 2. The quantitative estimate of drug-likeness (QED) is 0.771. The van der Waals surface area contributed by atoms with Gasteiger partial charge in [-0.15, -0.1) is 0 Å². The van der Waals surface area contributed by atoms with Crippen LogP contribution in [0.25, 0.3) is 0 Å². The van der Waals surface area contributed by atoms with Crippen LogP contribution in [0.3, 0.4) is 0 Å². The molecule has 0 spiro atoms. The van der Waals surface area contributed by atoms with Gasteiger partial charge in [0, 0.05) is 32.1 Å². The van der Waals surface area contributed by atoms with Crippen LogP contribution in [0.5, 0.6) is 0 Å². The van der Waals surface area contributed by atoms with Crippen LogP contribution in [0.1, 0.15) is 12.8 Å². The number of nitrogens with zero attached hydrogens (tertiary/aromatic N) is 3. The van der Waals surface area contributed by atoms with Gasteiger partial charge in [-0.2, -0.15) is 4.98 Å². The van der Waals surface area contributed by atoms with Gasteiger partial charge in [-0.25, -0.2) is 4.98 Å². The third kappa shape index (κ3) is 2.81. The molecule has 1 aromatic rings. The molecule has 0 radical (unpaired) electrons. The maximum atomic E-state index is 11.5. The topological polar surface area (TPSA) is 84.1 Å². The van der Waals surface area contributed by atoms with Crippen molar-refractivity contribution in [3.63, 3.8) is 0 Å². The number of piperidine rings is 1. The average molecular weight is 270 g/mol. The van der Waals surface area contributed by atoms with E-state index in [1.807, 2.05) is 0 Å². The zero-order chi connectivity index (χ0) is 13.1. The van der Waals surface area contributed by atoms with E-state index in [0.717, 1.165) is 31.7 Å². The van der Waals surface area contributed by atoms with Gasteiger partial charge in [0.25, 0.3) is 0 Å². The van der Waals surface area contributed by atoms with E-state index in [2.05, 4.69) is 20.2 Å². The van der Waals surface area contributed by atoms with E-state index in [1.54, 1.807) is 13.1 Å². The number of halogens is 1. The summed E-state index contributed by atoms with van der Waals surface area (Å²) in [5.41, 5.74) is 5.57. The molecule has 1 aliphatic heterocycles. The van der Waals surface area contributed by atoms with Crippen molar-refractivity contribution in [2.24, 2.45) is 5.92 Å². The Hall–Kier alpha value is -1.56. The number of carbonyl (C=O) groups excluding carboxylic acids is 1. The first-order valence-corrected chi connectivity index (χ1v) is 6.24. The van der Waals surface area contributed by atoms with Crippen LogP contribution in [0, 0.1) is 5.92 Å². The van der Waals surface area contributed by atoms with Crippen LogP contribution in [0.2, 0.25) is 5.15 Å². The summed E-state index contributed by atoms with van der Waals surface area (Å²) in [5.74, 6) is 1.09. The molecule has 2 heterocycles. The van der Waals surface area contributed by atoms with E-state index >= 15 is 0 Å². The molecule has 6 nitrogen and oxygen atoms in total. The van der Waals surface area contributed by atoms with Crippen LogP contribution >= 0.6 is 11.6 Å². The van der Waals surface area contributed by atoms with Crippen molar-refractivity contribution in [3.05, 3.63) is 11.2 Å². The van der Waals surface area contributed by atoms with Gasteiger partial charge in [0.1, 0.15) is 11.0 Å². The van der Waals surface area contributed by atoms with E-state index in [1.165, 1.54) is 0 Å². The molecule has 3 N–H and O–H groups in total. The predicted molar refractivity (Wildman–Crippen MR) is 70.5 cm³/mol. The highest BCUT2D eigenvalue weighted by atomic mass is 35.5. The second kappa shape index (κ2) is 5.39. The largest absolute Gasteiger partial charge is 0.368 e. The molecule has 0 bridgehead atoms. The van der Waals surface area contributed by atoms with E-state index in [4.69, 9.17) is 17.3 Å². The minimum Gasteiger partial charge on any atom is -0.368 e. The second-order valence-electron chi connectivity index (χ2n) is 4.28. The van der Waals surface area contributed by atoms with Crippen molar-refractivity contribution < 1.29 is 4.79 Å². The number of anilines is 2. The van der Waals surface area contributed by atoms with Crippen LogP contribution in [0.15, 0.2) is 6.07 Å². The van der Waals surface area contributed by atoms with Crippen molar-refractivity contribution >= 4 is 29.3 Å². The molecule has 2 rings (SSSR count). The van der Waals surface area contributed by atoms with Crippen molar-refractivity contribution in [1.29, 1.82) is 0 Å². The molecular formula is C11H16ClN5O. The molecule has 1 fully saturated rings. The van der Waals surface area contributed by atoms with Crippen molar-refractivity contribution in [2.75, 3.05) is 30.8 Å². The van der Waals surface area contributed by atoms with E-state index in [-0.39, 0.29) is 17.8 Å². The summed E-state index contributed by atoms with van der Waals surface area (Å²) < 4.78 is 0. The molecule has 0 aromatic carbocycles. The Kier molecular flexibility index (Phi) is 3.86. The predicted octanol–water partition coefficient (Wildman–Crippen LogP) is 0.675. The van der Waals surface area contributed by atoms with Gasteiger partial charge in [-0.3, -0.25) is 4.79 Å². The van der Waals surface area contributed by atoms with Gasteiger partial charge in [0.2, 0.25) is 11.9 Å². The lowest BCUT2D eigenvalue weighted by Gasteiger charge is -2.31. The number of hydrogen-bond acceptors (Lipinski definition) is 5. The first kappa shape index (κ1) is 12.9. The molecule has 1 aromatic heterocycles. The van der Waals surface area contributed by atoms with E-state index in [0.29, 0.717) is 5.15 Å². The zero-order valence-electron chi connectivity index (χ0n) is 10.2. The molecule has 7 heteroatoms. The first-order valence-electron chi connectivity index (χ1n) is 5.86. The standard InChI is InChI=1S/C11H16ClN5O/c1-14-10(18)7-2-4-17(5-3-7)9-6-8(12)15-11(13)16-9/h6-7H,2-5H2,1H3,(H,14,18)(H2,13,15,16). The third-order valence-corrected chi connectivity index (χ3v) is 3.33. The molecule has 0 aliphatic carbocycles. The number of aromatic nitrogens is 2. The Balaban J connectivity index is 2.03. The highest BCUT2D eigenvalue weighted by Gasteiger charge is 2.25. The normalized spacial score (nSPS) is 16.7. The molecular weight excluding hydrogens is 254 g/mol. The number of carbonyl (C=O) groups is 1. The number of rotatable bonds is 2. The van der Waals surface area contributed by atoms with Crippen LogP contribution in [-0.4, -0.2) is 36.0 Å². The minimum absolute atomic E-state index is 0.0842. The summed E-state index contributed by atoms with van der Waals surface area (Å²) >= 11 is 5.85. The molecule has 0 saturated carbocycles. The molecule has 0 atom stereocenters. The van der Waals surface area contributed by atoms with Crippen molar-refractivity contribution in [2.45, 2.75) is 12.8 Å². The Morgan fingerprint density at radius 1 is 1.50 bits per heavy atom. The number of amides is 1. The molecule has 1 saturated heterocycles. The van der Waals surface area contributed by atoms with Gasteiger partial charge in [0.05, 0.1) is 0 Å². The second-order valence-corrected chi connectivity index (χ2v) is 4.67. The van der Waals surface area contributed by atoms with Gasteiger partial charge in [-0.05, 0) is 12.8 Å². The van der Waals surface area contributed by atoms with Gasteiger partial charge in [-0.1, -0.05) is 11.6 Å². The molecule has 98 valence electrons. The summed E-state index contributed by atoms with van der Waals surface area (Å²) in [5, 5.41) is 3.02. The maximum Gasteiger partial charge on any atom is 0.223 e. The fraction of sp³-hybridized carbons (Fsp3) is 0.545. The molecule has 18 heavy (non-hydrogen) atoms. The SMILES string of the molecule is CNC(=O)C1CCN(c2cc(Cl)nc(N)n2)CC1. The maximum absolute atomic E-state index is 11.5. The fourth-order valence-electron chi connectivity index (χ4n) is 2.16. The zero-order valence-corrected chi connectivity index (χ0v) is 10.9. The average Bonchev–Trinajstić information content (AvgIpc) is 2.37. The number of nitrogens with two attached hydrogens (primary N) is 1. The lowest BCUT2D eigenvalue weighted by molar-refractivity contribution is -0.125. The number of nitrogen functional groups attached to an aromatic ring is 1. The van der Waals surface area contributed by atoms with Crippen LogP contribution < -0.4 is 16.0 Å². The van der Waals surface area contributed by atoms with Gasteiger partial charge in [0.15, 0.2) is 0 Å². The lowest BCUT2D eigenvalue weighted by atomic mass is 9.96. The van der Waals surface area contributed by atoms with Crippen molar-refractivity contribution in [3.8, 4) is 0 Å². The monoisotopic (exact) mass is 269 g/mol. The van der Waals surface area contributed by atoms with Crippen molar-refractivity contribution in [1.82, 2.24) is 15.3 Å². The Morgan fingerprint density at radius 3 is 2.72 bits per heavy atom. The highest BCUT2D eigenvalue weighted by Crippen LogP contribution is 2.23. The Bertz CT molecular complexity index is 425. The summed E-state index contributed by atoms with van der Waals surface area (Å²) in [6, 6.07) is 1.69. The van der Waals surface area contributed by atoms with E-state index < -0.39 is 0 Å². The molecule has 1 aliphatic rings. The summed E-state index contributed by atoms with van der Waals surface area (Å²) in [7, 11) is 1.67. The van der Waals surface area contributed by atoms with Gasteiger partial charge >= 0.3 is 0 Å². The fourth-order valence-corrected chi connectivity index (χ4v) is 2.34. The van der Waals surface area contributed by atoms with Gasteiger partial charge < -0.3 is 16.0 Å². The molecule has 1 amide bonds. The third-order valence-electron chi connectivity index (χ3n) is 3.13.